The van der Waals surface area contributed by atoms with E-state index in [1.807, 2.05) is 36.9 Å². The van der Waals surface area contributed by atoms with E-state index in [4.69, 9.17) is 0 Å². The summed E-state index contributed by atoms with van der Waals surface area (Å²) < 4.78 is 28.2. The average molecular weight is 423 g/mol. The van der Waals surface area contributed by atoms with Crippen LogP contribution in [0.15, 0.2) is 24.3 Å². The topological polar surface area (TPSA) is 81.2 Å². The second kappa shape index (κ2) is 9.23. The van der Waals surface area contributed by atoms with Crippen molar-refractivity contribution in [2.75, 3.05) is 45.8 Å². The molecule has 0 bridgehead atoms. The van der Waals surface area contributed by atoms with Gasteiger partial charge in [-0.25, -0.2) is 0 Å². The number of carbonyl (C=O) groups is 2. The molecule has 2 saturated heterocycles. The molecule has 0 atom stereocenters. The summed E-state index contributed by atoms with van der Waals surface area (Å²) in [5.41, 5.74) is 1.52. The maximum atomic E-state index is 12.9. The smallest absolute Gasteiger partial charge is 0.282 e. The molecule has 0 spiro atoms. The van der Waals surface area contributed by atoms with Crippen LogP contribution in [-0.4, -0.2) is 84.5 Å². The van der Waals surface area contributed by atoms with E-state index in [-0.39, 0.29) is 11.8 Å². The number of carbonyl (C=O) groups excluding carboxylic acids is 2. The number of amides is 2. The third kappa shape index (κ3) is 4.79. The Hall–Kier alpha value is -1.97. The van der Waals surface area contributed by atoms with Crippen molar-refractivity contribution in [3.8, 4) is 0 Å². The minimum atomic E-state index is -3.47. The molecule has 0 N–H and O–H groups in total. The van der Waals surface area contributed by atoms with Crippen LogP contribution in [0.2, 0.25) is 0 Å². The molecule has 0 unspecified atom stereocenters. The molecule has 3 rings (SSSR count). The predicted molar refractivity (Wildman–Crippen MR) is 110 cm³/mol. The molecule has 2 aliphatic rings. The van der Waals surface area contributed by atoms with Crippen molar-refractivity contribution in [2.45, 2.75) is 33.2 Å². The Balaban J connectivity index is 1.62. The van der Waals surface area contributed by atoms with Gasteiger partial charge in [0.05, 0.1) is 0 Å². The average Bonchev–Trinajstić information content (AvgIpc) is 3.13. The number of hydrogen-bond acceptors (Lipinski definition) is 4. The summed E-state index contributed by atoms with van der Waals surface area (Å²) >= 11 is 0. The van der Waals surface area contributed by atoms with Gasteiger partial charge in [-0.05, 0) is 24.1 Å². The Morgan fingerprint density at radius 1 is 1.07 bits per heavy atom. The van der Waals surface area contributed by atoms with Gasteiger partial charge in [0.2, 0.25) is 5.91 Å². The van der Waals surface area contributed by atoms with Gasteiger partial charge in [0.25, 0.3) is 16.1 Å². The van der Waals surface area contributed by atoms with E-state index < -0.39 is 10.2 Å². The van der Waals surface area contributed by atoms with E-state index in [9.17, 15) is 18.0 Å². The molecule has 0 aliphatic carbocycles. The number of hydrogen-bond donors (Lipinski definition) is 0. The van der Waals surface area contributed by atoms with Crippen molar-refractivity contribution >= 4 is 22.0 Å². The highest BCUT2D eigenvalue weighted by molar-refractivity contribution is 7.86. The van der Waals surface area contributed by atoms with Gasteiger partial charge in [0, 0.05) is 64.3 Å². The molecule has 0 aromatic heterocycles. The molecule has 8 nitrogen and oxygen atoms in total. The van der Waals surface area contributed by atoms with E-state index in [1.54, 1.807) is 11.0 Å². The van der Waals surface area contributed by atoms with Gasteiger partial charge in [-0.15, -0.1) is 0 Å². The highest BCUT2D eigenvalue weighted by Gasteiger charge is 2.32. The molecule has 2 aliphatic heterocycles. The van der Waals surface area contributed by atoms with Crippen LogP contribution in [-0.2, 0) is 21.5 Å². The minimum absolute atomic E-state index is 0.0977. The molecule has 29 heavy (non-hydrogen) atoms. The highest BCUT2D eigenvalue weighted by Crippen LogP contribution is 2.18. The molecule has 0 saturated carbocycles. The Kier molecular flexibility index (Phi) is 6.92. The lowest BCUT2D eigenvalue weighted by Crippen LogP contribution is -2.54. The van der Waals surface area contributed by atoms with Gasteiger partial charge in [0.15, 0.2) is 0 Å². The van der Waals surface area contributed by atoms with Crippen molar-refractivity contribution < 1.29 is 18.0 Å². The first-order chi connectivity index (χ1) is 13.9. The molecular formula is C20H30N4O4S. The fourth-order valence-corrected chi connectivity index (χ4v) is 5.52. The number of piperazine rings is 1. The zero-order valence-corrected chi connectivity index (χ0v) is 18.0. The second-order valence-electron chi connectivity index (χ2n) is 7.40. The fraction of sp³-hybridized carbons (Fsp3) is 0.600. The molecule has 160 valence electrons. The first-order valence-electron chi connectivity index (χ1n) is 10.3. The summed E-state index contributed by atoms with van der Waals surface area (Å²) in [7, 11) is -3.47. The van der Waals surface area contributed by atoms with E-state index in [1.165, 1.54) is 8.61 Å². The third-order valence-corrected chi connectivity index (χ3v) is 7.79. The van der Waals surface area contributed by atoms with Crippen molar-refractivity contribution in [1.29, 1.82) is 0 Å². The first-order valence-corrected chi connectivity index (χ1v) is 11.7. The molecule has 9 heteroatoms. The molecule has 1 aromatic carbocycles. The number of benzene rings is 1. The highest BCUT2D eigenvalue weighted by atomic mass is 32.2. The van der Waals surface area contributed by atoms with Crippen LogP contribution in [0.3, 0.4) is 0 Å². The summed E-state index contributed by atoms with van der Waals surface area (Å²) in [4.78, 5) is 28.3. The largest absolute Gasteiger partial charge is 0.338 e. The summed E-state index contributed by atoms with van der Waals surface area (Å²) in [6.45, 7) is 7.14. The Morgan fingerprint density at radius 2 is 1.76 bits per heavy atom. The van der Waals surface area contributed by atoms with E-state index in [0.29, 0.717) is 57.8 Å². The zero-order valence-electron chi connectivity index (χ0n) is 17.2. The quantitative estimate of drug-likeness (QED) is 0.660. The van der Waals surface area contributed by atoms with Gasteiger partial charge in [-0.1, -0.05) is 26.0 Å². The van der Waals surface area contributed by atoms with Gasteiger partial charge in [0.1, 0.15) is 0 Å². The summed E-state index contributed by atoms with van der Waals surface area (Å²) in [6, 6.07) is 7.38. The first kappa shape index (κ1) is 21.7. The monoisotopic (exact) mass is 422 g/mol. The molecule has 2 fully saturated rings. The maximum Gasteiger partial charge on any atom is 0.282 e. The van der Waals surface area contributed by atoms with Crippen LogP contribution in [0.5, 0.6) is 0 Å². The van der Waals surface area contributed by atoms with Crippen molar-refractivity contribution in [3.63, 3.8) is 0 Å². The van der Waals surface area contributed by atoms with Crippen LogP contribution >= 0.6 is 0 Å². The molecule has 0 radical (unpaired) electrons. The zero-order chi connectivity index (χ0) is 21.0. The van der Waals surface area contributed by atoms with Crippen LogP contribution in [0.1, 0.15) is 42.6 Å². The Bertz CT molecular complexity index is 846. The lowest BCUT2D eigenvalue weighted by atomic mass is 10.1. The van der Waals surface area contributed by atoms with E-state index >= 15 is 0 Å². The molecular weight excluding hydrogens is 392 g/mol. The van der Waals surface area contributed by atoms with Gasteiger partial charge in [-0.2, -0.15) is 17.0 Å². The summed E-state index contributed by atoms with van der Waals surface area (Å²) in [5.74, 6) is 0.0618. The summed E-state index contributed by atoms with van der Waals surface area (Å²) in [6.07, 6.45) is 1.48. The van der Waals surface area contributed by atoms with Crippen LogP contribution in [0.4, 0.5) is 0 Å². The van der Waals surface area contributed by atoms with Crippen LogP contribution in [0.25, 0.3) is 0 Å². The second-order valence-corrected chi connectivity index (χ2v) is 9.33. The van der Waals surface area contributed by atoms with Crippen molar-refractivity contribution in [1.82, 2.24) is 18.4 Å². The number of nitrogens with zero attached hydrogens (tertiary/aromatic N) is 4. The minimum Gasteiger partial charge on any atom is -0.338 e. The van der Waals surface area contributed by atoms with Crippen LogP contribution < -0.4 is 0 Å². The maximum absolute atomic E-state index is 12.9. The van der Waals surface area contributed by atoms with Crippen molar-refractivity contribution in [3.05, 3.63) is 35.4 Å². The summed E-state index contributed by atoms with van der Waals surface area (Å²) in [5, 5.41) is 0. The number of likely N-dealkylation sites (tertiary alicyclic amines) is 1. The number of rotatable bonds is 7. The van der Waals surface area contributed by atoms with Crippen molar-refractivity contribution in [2.24, 2.45) is 0 Å². The van der Waals surface area contributed by atoms with E-state index in [0.717, 1.165) is 18.5 Å². The molecule has 2 amide bonds. The fourth-order valence-electron chi connectivity index (χ4n) is 3.91. The lowest BCUT2D eigenvalue weighted by Gasteiger charge is -2.36. The normalized spacial score (nSPS) is 18.7. The van der Waals surface area contributed by atoms with E-state index in [2.05, 4.69) is 0 Å². The SMILES string of the molecule is CCN(CC)S(=O)(=O)N1CCN(C(=O)c2cccc(CN3CCCC3=O)c2)CC1. The molecule has 1 aromatic rings. The lowest BCUT2D eigenvalue weighted by molar-refractivity contribution is -0.128. The Morgan fingerprint density at radius 3 is 2.34 bits per heavy atom. The standard InChI is InChI=1S/C20H30N4O4S/c1-3-23(4-2)29(27,28)24-13-11-21(12-14-24)20(26)18-8-5-7-17(15-18)16-22-10-6-9-19(22)25/h5,7-8,15H,3-4,6,9-14,16H2,1-2H3. The third-order valence-electron chi connectivity index (χ3n) is 5.60. The van der Waals surface area contributed by atoms with Gasteiger partial charge >= 0.3 is 0 Å². The predicted octanol–water partition coefficient (Wildman–Crippen LogP) is 1.15. The van der Waals surface area contributed by atoms with Gasteiger partial charge < -0.3 is 9.80 Å². The van der Waals surface area contributed by atoms with Gasteiger partial charge in [-0.3, -0.25) is 9.59 Å². The van der Waals surface area contributed by atoms with Crippen LogP contribution in [0, 0.1) is 0 Å². The molecule has 2 heterocycles. The Labute approximate surface area is 173 Å².